The molecule has 1 fully saturated rings. The molecule has 0 aliphatic heterocycles. The van der Waals surface area contributed by atoms with E-state index < -0.39 is 0 Å². The zero-order valence-corrected chi connectivity index (χ0v) is 13.3. The topological polar surface area (TPSA) is 29.9 Å². The van der Waals surface area contributed by atoms with E-state index in [-0.39, 0.29) is 0 Å². The summed E-state index contributed by atoms with van der Waals surface area (Å²) >= 11 is 0. The van der Waals surface area contributed by atoms with Gasteiger partial charge in [0.2, 0.25) is 0 Å². The molecule has 3 rings (SSSR count). The Bertz CT molecular complexity index is 583. The number of aryl methyl sites for hydroxylation is 1. The van der Waals surface area contributed by atoms with Gasteiger partial charge in [0.25, 0.3) is 0 Å². The largest absolute Gasteiger partial charge is 0.328 e. The molecule has 0 radical (unpaired) electrons. The van der Waals surface area contributed by atoms with Crippen molar-refractivity contribution < 1.29 is 0 Å². The highest BCUT2D eigenvalue weighted by atomic mass is 15.1. The Balaban J connectivity index is 1.85. The van der Waals surface area contributed by atoms with Crippen LogP contribution in [0.2, 0.25) is 0 Å². The molecular formula is C18H27N3. The number of fused-ring (bicyclic) bond motifs is 1. The van der Waals surface area contributed by atoms with Crippen LogP contribution in [-0.2, 0) is 13.0 Å². The van der Waals surface area contributed by atoms with Gasteiger partial charge >= 0.3 is 0 Å². The monoisotopic (exact) mass is 285 g/mol. The predicted octanol–water partition coefficient (Wildman–Crippen LogP) is 3.77. The molecule has 1 aromatic carbocycles. The van der Waals surface area contributed by atoms with Crippen LogP contribution in [0.3, 0.4) is 0 Å². The lowest BCUT2D eigenvalue weighted by molar-refractivity contribution is 0.444. The average molecular weight is 285 g/mol. The number of hydrogen-bond acceptors (Lipinski definition) is 2. The van der Waals surface area contributed by atoms with Crippen LogP contribution in [0, 0.1) is 5.92 Å². The van der Waals surface area contributed by atoms with Gasteiger partial charge < -0.3 is 9.88 Å². The van der Waals surface area contributed by atoms with E-state index in [1.807, 2.05) is 0 Å². The van der Waals surface area contributed by atoms with Crippen molar-refractivity contribution in [3.8, 4) is 0 Å². The summed E-state index contributed by atoms with van der Waals surface area (Å²) in [4.78, 5) is 4.91. The molecule has 1 unspecified atom stereocenters. The SMILES string of the molecule is CCCNC(Cc1nc2ccccc2n1CCC)C1CC1. The van der Waals surface area contributed by atoms with Crippen LogP contribution in [0.5, 0.6) is 0 Å². The third-order valence-electron chi connectivity index (χ3n) is 4.43. The highest BCUT2D eigenvalue weighted by Crippen LogP contribution is 2.34. The van der Waals surface area contributed by atoms with Crippen LogP contribution >= 0.6 is 0 Å². The smallest absolute Gasteiger partial charge is 0.111 e. The van der Waals surface area contributed by atoms with E-state index in [0.29, 0.717) is 6.04 Å². The van der Waals surface area contributed by atoms with Crippen LogP contribution in [0.1, 0.15) is 45.4 Å². The lowest BCUT2D eigenvalue weighted by Crippen LogP contribution is -2.34. The van der Waals surface area contributed by atoms with Crippen LogP contribution in [-0.4, -0.2) is 22.1 Å². The Labute approximate surface area is 127 Å². The molecule has 3 nitrogen and oxygen atoms in total. The van der Waals surface area contributed by atoms with Crippen LogP contribution in [0.4, 0.5) is 0 Å². The highest BCUT2D eigenvalue weighted by molar-refractivity contribution is 5.75. The molecule has 1 saturated carbocycles. The summed E-state index contributed by atoms with van der Waals surface area (Å²) < 4.78 is 2.43. The molecule has 1 aliphatic rings. The Hall–Kier alpha value is -1.35. The molecule has 0 bridgehead atoms. The summed E-state index contributed by atoms with van der Waals surface area (Å²) in [6.07, 6.45) is 6.20. The molecule has 1 aromatic heterocycles. The number of imidazole rings is 1. The van der Waals surface area contributed by atoms with Gasteiger partial charge in [-0.05, 0) is 50.3 Å². The molecule has 21 heavy (non-hydrogen) atoms. The fourth-order valence-electron chi connectivity index (χ4n) is 3.18. The first-order valence-corrected chi connectivity index (χ1v) is 8.51. The van der Waals surface area contributed by atoms with Gasteiger partial charge in [-0.3, -0.25) is 0 Å². The molecule has 1 aliphatic carbocycles. The second kappa shape index (κ2) is 6.61. The van der Waals surface area contributed by atoms with Crippen LogP contribution < -0.4 is 5.32 Å². The van der Waals surface area contributed by atoms with E-state index in [9.17, 15) is 0 Å². The van der Waals surface area contributed by atoms with E-state index in [1.54, 1.807) is 0 Å². The van der Waals surface area contributed by atoms with Gasteiger partial charge in [0.1, 0.15) is 5.82 Å². The molecule has 1 N–H and O–H groups in total. The summed E-state index contributed by atoms with van der Waals surface area (Å²) in [5, 5.41) is 3.74. The molecule has 1 atom stereocenters. The van der Waals surface area contributed by atoms with Crippen molar-refractivity contribution in [1.29, 1.82) is 0 Å². The maximum absolute atomic E-state index is 4.91. The number of nitrogens with zero attached hydrogens (tertiary/aromatic N) is 2. The minimum atomic E-state index is 0.609. The van der Waals surface area contributed by atoms with Gasteiger partial charge in [0.15, 0.2) is 0 Å². The first-order chi connectivity index (χ1) is 10.3. The summed E-state index contributed by atoms with van der Waals surface area (Å²) in [6.45, 7) is 6.67. The lowest BCUT2D eigenvalue weighted by Gasteiger charge is -2.18. The number of para-hydroxylation sites is 2. The summed E-state index contributed by atoms with van der Waals surface area (Å²) in [6, 6.07) is 9.15. The molecule has 0 amide bonds. The first-order valence-electron chi connectivity index (χ1n) is 8.51. The standard InChI is InChI=1S/C18H27N3/c1-3-11-19-16(14-9-10-14)13-18-20-15-7-5-6-8-17(15)21(18)12-4-2/h5-8,14,16,19H,3-4,9-13H2,1-2H3. The predicted molar refractivity (Wildman–Crippen MR) is 88.5 cm³/mol. The van der Waals surface area contributed by atoms with E-state index in [0.717, 1.165) is 37.4 Å². The maximum atomic E-state index is 4.91. The molecule has 2 aromatic rings. The summed E-state index contributed by atoms with van der Waals surface area (Å²) in [5.74, 6) is 2.13. The normalized spacial score (nSPS) is 16.5. The van der Waals surface area contributed by atoms with Gasteiger partial charge in [-0.1, -0.05) is 26.0 Å². The second-order valence-electron chi connectivity index (χ2n) is 6.27. The van der Waals surface area contributed by atoms with Gasteiger partial charge in [-0.25, -0.2) is 4.98 Å². The Morgan fingerprint density at radius 1 is 1.24 bits per heavy atom. The fraction of sp³-hybridized carbons (Fsp3) is 0.611. The van der Waals surface area contributed by atoms with Crippen molar-refractivity contribution >= 4 is 11.0 Å². The molecule has 0 saturated heterocycles. The minimum absolute atomic E-state index is 0.609. The first kappa shape index (κ1) is 14.6. The van der Waals surface area contributed by atoms with Crippen molar-refractivity contribution in [3.05, 3.63) is 30.1 Å². The van der Waals surface area contributed by atoms with E-state index in [1.165, 1.54) is 30.6 Å². The number of benzene rings is 1. The maximum Gasteiger partial charge on any atom is 0.111 e. The van der Waals surface area contributed by atoms with Gasteiger partial charge in [0.05, 0.1) is 11.0 Å². The fourth-order valence-corrected chi connectivity index (χ4v) is 3.18. The van der Waals surface area contributed by atoms with Gasteiger partial charge in [0, 0.05) is 19.0 Å². The number of aromatic nitrogens is 2. The number of hydrogen-bond donors (Lipinski definition) is 1. The quantitative estimate of drug-likeness (QED) is 0.800. The molecule has 3 heteroatoms. The van der Waals surface area contributed by atoms with Crippen LogP contribution in [0.25, 0.3) is 11.0 Å². The summed E-state index contributed by atoms with van der Waals surface area (Å²) in [7, 11) is 0. The molecule has 0 spiro atoms. The summed E-state index contributed by atoms with van der Waals surface area (Å²) in [5.41, 5.74) is 2.44. The van der Waals surface area contributed by atoms with E-state index >= 15 is 0 Å². The number of rotatable bonds is 8. The van der Waals surface area contributed by atoms with Crippen molar-refractivity contribution in [2.75, 3.05) is 6.54 Å². The zero-order chi connectivity index (χ0) is 14.7. The van der Waals surface area contributed by atoms with Crippen molar-refractivity contribution in [1.82, 2.24) is 14.9 Å². The Morgan fingerprint density at radius 3 is 2.76 bits per heavy atom. The van der Waals surface area contributed by atoms with Crippen molar-refractivity contribution in [2.24, 2.45) is 5.92 Å². The lowest BCUT2D eigenvalue weighted by atomic mass is 10.1. The van der Waals surface area contributed by atoms with E-state index in [2.05, 4.69) is 48.0 Å². The van der Waals surface area contributed by atoms with E-state index in [4.69, 9.17) is 4.98 Å². The molecule has 114 valence electrons. The van der Waals surface area contributed by atoms with Gasteiger partial charge in [-0.15, -0.1) is 0 Å². The Morgan fingerprint density at radius 2 is 2.05 bits per heavy atom. The zero-order valence-electron chi connectivity index (χ0n) is 13.3. The highest BCUT2D eigenvalue weighted by Gasteiger charge is 2.31. The minimum Gasteiger partial charge on any atom is -0.328 e. The average Bonchev–Trinajstić information content (AvgIpc) is 3.29. The molecule has 1 heterocycles. The van der Waals surface area contributed by atoms with Crippen molar-refractivity contribution in [2.45, 2.75) is 58.5 Å². The third kappa shape index (κ3) is 3.29. The Kier molecular flexibility index (Phi) is 4.59. The second-order valence-corrected chi connectivity index (χ2v) is 6.27. The van der Waals surface area contributed by atoms with Crippen molar-refractivity contribution in [3.63, 3.8) is 0 Å². The van der Waals surface area contributed by atoms with Gasteiger partial charge in [-0.2, -0.15) is 0 Å². The van der Waals surface area contributed by atoms with Crippen LogP contribution in [0.15, 0.2) is 24.3 Å². The number of nitrogens with one attached hydrogen (secondary N) is 1. The third-order valence-corrected chi connectivity index (χ3v) is 4.43. The molecular weight excluding hydrogens is 258 g/mol.